The van der Waals surface area contributed by atoms with Gasteiger partial charge in [-0.25, -0.2) is 8.78 Å². The van der Waals surface area contributed by atoms with Crippen LogP contribution in [0.1, 0.15) is 61.0 Å². The summed E-state index contributed by atoms with van der Waals surface area (Å²) >= 11 is -1.42. The molecule has 0 N–H and O–H groups in total. The number of hydrogen-bond acceptors (Lipinski definition) is 5. The number of carbonyl (C=O) groups excluding carboxylic acids is 1. The molecule has 8 nitrogen and oxygen atoms in total. The summed E-state index contributed by atoms with van der Waals surface area (Å²) in [5.74, 6) is 0.680. The van der Waals surface area contributed by atoms with Crippen molar-refractivity contribution in [2.24, 2.45) is 7.05 Å². The molecule has 0 unspecified atom stereocenters. The Hall–Kier alpha value is -2.81. The molecule has 3 aromatic rings. The molecule has 1 aromatic carbocycles. The molecule has 3 aliphatic heterocycles. The fraction of sp³-hybridized carbons (Fsp3) is 0.533. The summed E-state index contributed by atoms with van der Waals surface area (Å²) in [6, 6.07) is 3.51. The molecule has 6 rings (SSSR count). The van der Waals surface area contributed by atoms with E-state index in [-0.39, 0.29) is 24.1 Å². The van der Waals surface area contributed by atoms with Gasteiger partial charge < -0.3 is 9.80 Å². The molecule has 0 aliphatic carbocycles. The van der Waals surface area contributed by atoms with Gasteiger partial charge in [0.2, 0.25) is 5.91 Å². The summed E-state index contributed by atoms with van der Waals surface area (Å²) in [5, 5.41) is 9.32. The van der Waals surface area contributed by atoms with E-state index in [1.807, 2.05) is 15.9 Å². The van der Waals surface area contributed by atoms with Crippen molar-refractivity contribution in [2.75, 3.05) is 37.6 Å². The number of anilines is 2. The highest BCUT2D eigenvalue weighted by Crippen LogP contribution is 2.44. The van der Waals surface area contributed by atoms with E-state index >= 15 is 0 Å². The standard InChI is InChI=1S/C30H36F4IN7O/c1-19(43)40-12-8-26-25(17-40)29(37-42(26)22-6-10-39(11-7-22)18-30(33,34)35-2)41-9-4-5-20-13-23(21-15-36-38(3)16-21)24(28(31)32)14-27(20)41/h13-16,22,28H,2,4-12,17-18H2,1,3H3. The molecule has 1 amide bonds. The minimum absolute atomic E-state index is 0.0213. The number of piperidine rings is 1. The SMILES string of the molecule is C=IC(F)(F)CN1CCC(n2nc(N3CCCc4cc(-c5cnn(C)c5)c(C(F)F)cc43)c3c2CCN(C(C)=O)C3)CC1. The first kappa shape index (κ1) is 30.2. The van der Waals surface area contributed by atoms with E-state index in [2.05, 4.69) is 14.3 Å². The zero-order chi connectivity index (χ0) is 30.5. The number of halogens is 5. The first-order valence-electron chi connectivity index (χ1n) is 14.6. The first-order chi connectivity index (χ1) is 20.5. The van der Waals surface area contributed by atoms with Crippen molar-refractivity contribution < 1.29 is 22.4 Å². The Morgan fingerprint density at radius 2 is 1.93 bits per heavy atom. The number of hydrogen-bond donors (Lipinski definition) is 0. The zero-order valence-electron chi connectivity index (χ0n) is 24.4. The molecule has 43 heavy (non-hydrogen) atoms. The molecule has 3 aliphatic rings. The Balaban J connectivity index is 1.37. The van der Waals surface area contributed by atoms with Crippen LogP contribution in [0.5, 0.6) is 0 Å². The van der Waals surface area contributed by atoms with E-state index in [0.717, 1.165) is 35.3 Å². The molecular weight excluding hydrogens is 677 g/mol. The molecule has 5 heterocycles. The number of carbonyl (C=O) groups is 1. The van der Waals surface area contributed by atoms with Gasteiger partial charge in [0, 0.05) is 80.8 Å². The number of rotatable bonds is 7. The van der Waals surface area contributed by atoms with Crippen molar-refractivity contribution in [2.45, 2.75) is 62.0 Å². The van der Waals surface area contributed by atoms with Crippen LogP contribution in [0.4, 0.5) is 29.1 Å². The zero-order valence-corrected chi connectivity index (χ0v) is 26.5. The second-order valence-electron chi connectivity index (χ2n) is 11.7. The summed E-state index contributed by atoms with van der Waals surface area (Å²) < 4.78 is 61.5. The second-order valence-corrected chi connectivity index (χ2v) is 14.0. The maximum Gasteiger partial charge on any atom is 0.303 e. The van der Waals surface area contributed by atoms with Crippen LogP contribution in [-0.2, 0) is 31.2 Å². The Morgan fingerprint density at radius 3 is 2.58 bits per heavy atom. The minimum atomic E-state index is -2.70. The topological polar surface area (TPSA) is 62.4 Å². The lowest BCUT2D eigenvalue weighted by Gasteiger charge is -2.34. The monoisotopic (exact) mass is 713 g/mol. The average Bonchev–Trinajstić information content (AvgIpc) is 3.59. The van der Waals surface area contributed by atoms with Gasteiger partial charge in [-0.2, -0.15) is 19.0 Å². The molecule has 232 valence electrons. The number of alkyl halides is 5. The number of nitrogens with zero attached hydrogens (tertiary/aromatic N) is 7. The molecular formula is C30H36F4IN7O. The van der Waals surface area contributed by atoms with Crippen molar-refractivity contribution in [1.82, 2.24) is 29.4 Å². The van der Waals surface area contributed by atoms with Gasteiger partial charge in [0.1, 0.15) is 0 Å². The molecule has 0 atom stereocenters. The van der Waals surface area contributed by atoms with E-state index in [1.54, 1.807) is 42.0 Å². The van der Waals surface area contributed by atoms with Gasteiger partial charge in [0.25, 0.3) is 6.43 Å². The van der Waals surface area contributed by atoms with Crippen molar-refractivity contribution in [1.29, 1.82) is 0 Å². The normalized spacial score (nSPS) is 18.3. The second kappa shape index (κ2) is 11.9. The van der Waals surface area contributed by atoms with Crippen LogP contribution in [0.2, 0.25) is 0 Å². The summed E-state index contributed by atoms with van der Waals surface area (Å²) in [4.78, 5) is 18.1. The molecule has 1 saturated heterocycles. The number of amides is 1. The fourth-order valence-corrected chi connectivity index (χ4v) is 7.42. The lowest BCUT2D eigenvalue weighted by Crippen LogP contribution is -2.41. The predicted octanol–water partition coefficient (Wildman–Crippen LogP) is 5.84. The predicted molar refractivity (Wildman–Crippen MR) is 167 cm³/mol. The Morgan fingerprint density at radius 1 is 1.16 bits per heavy atom. The molecule has 1 fully saturated rings. The van der Waals surface area contributed by atoms with Crippen LogP contribution in [0.3, 0.4) is 0 Å². The van der Waals surface area contributed by atoms with E-state index in [0.29, 0.717) is 68.9 Å². The highest BCUT2D eigenvalue weighted by Gasteiger charge is 2.36. The lowest BCUT2D eigenvalue weighted by atomic mass is 9.92. The number of fused-ring (bicyclic) bond motifs is 2. The van der Waals surface area contributed by atoms with Gasteiger partial charge in [-0.3, -0.25) is 19.1 Å². The van der Waals surface area contributed by atoms with Gasteiger partial charge in [-0.15, -0.1) is 0 Å². The van der Waals surface area contributed by atoms with E-state index in [9.17, 15) is 22.4 Å². The first-order valence-corrected chi connectivity index (χ1v) is 17.2. The largest absolute Gasteiger partial charge is 0.338 e. The molecule has 0 bridgehead atoms. The molecule has 0 radical (unpaired) electrons. The molecule has 0 spiro atoms. The number of likely N-dealkylation sites (tertiary alicyclic amines) is 1. The van der Waals surface area contributed by atoms with Gasteiger partial charge in [-0.05, 0) is 48.9 Å². The van der Waals surface area contributed by atoms with Gasteiger partial charge in [-0.1, -0.05) is 25.2 Å². The smallest absolute Gasteiger partial charge is 0.303 e. The maximum absolute atomic E-state index is 14.5. The Kier molecular flexibility index (Phi) is 8.39. The highest BCUT2D eigenvalue weighted by molar-refractivity contribution is 14.2. The number of benzene rings is 1. The van der Waals surface area contributed by atoms with E-state index in [4.69, 9.17) is 5.10 Å². The average molecular weight is 714 g/mol. The summed E-state index contributed by atoms with van der Waals surface area (Å²) in [6.45, 7) is 4.01. The third-order valence-corrected chi connectivity index (χ3v) is 10.3. The van der Waals surface area contributed by atoms with Crippen molar-refractivity contribution in [3.63, 3.8) is 0 Å². The fourth-order valence-electron chi connectivity index (χ4n) is 6.69. The third-order valence-electron chi connectivity index (χ3n) is 8.89. The lowest BCUT2D eigenvalue weighted by molar-refractivity contribution is -0.129. The molecule has 0 saturated carbocycles. The minimum Gasteiger partial charge on any atom is -0.338 e. The van der Waals surface area contributed by atoms with Crippen LogP contribution < -0.4 is 4.90 Å². The maximum atomic E-state index is 14.5. The van der Waals surface area contributed by atoms with E-state index < -0.39 is 31.1 Å². The summed E-state index contributed by atoms with van der Waals surface area (Å²) in [6.07, 6.45) is 4.27. The van der Waals surface area contributed by atoms with E-state index in [1.165, 1.54) is 0 Å². The quantitative estimate of drug-likeness (QED) is 0.175. The highest BCUT2D eigenvalue weighted by atomic mass is 127. The van der Waals surface area contributed by atoms with Gasteiger partial charge >= 0.3 is 3.93 Å². The summed E-state index contributed by atoms with van der Waals surface area (Å²) in [7, 11) is 1.76. The van der Waals surface area contributed by atoms with Crippen LogP contribution in [0, 0.1) is 0 Å². The van der Waals surface area contributed by atoms with Crippen LogP contribution in [-0.4, -0.2) is 76.4 Å². The Labute approximate surface area is 258 Å². The van der Waals surface area contributed by atoms with Crippen LogP contribution in [0.25, 0.3) is 11.1 Å². The Bertz CT molecular complexity index is 1530. The van der Waals surface area contributed by atoms with Gasteiger partial charge in [0.15, 0.2) is 5.82 Å². The van der Waals surface area contributed by atoms with Crippen molar-refractivity contribution >= 4 is 42.7 Å². The van der Waals surface area contributed by atoms with Gasteiger partial charge in [0.05, 0.1) is 25.3 Å². The van der Waals surface area contributed by atoms with Crippen LogP contribution >= 0.6 is 20.7 Å². The summed E-state index contributed by atoms with van der Waals surface area (Å²) in [5.41, 5.74) is 4.77. The molecule has 2 aromatic heterocycles. The van der Waals surface area contributed by atoms with Crippen molar-refractivity contribution in [3.8, 4) is 11.1 Å². The number of aryl methyl sites for hydroxylation is 2. The molecule has 13 heteroatoms. The van der Waals surface area contributed by atoms with Crippen LogP contribution in [0.15, 0.2) is 24.5 Å². The van der Waals surface area contributed by atoms with Crippen molar-refractivity contribution in [3.05, 3.63) is 46.9 Å². The third kappa shape index (κ3) is 5.98. The number of aromatic nitrogens is 4.